The molecule has 2 N–H and O–H groups in total. The van der Waals surface area contributed by atoms with E-state index < -0.39 is 10.0 Å². The summed E-state index contributed by atoms with van der Waals surface area (Å²) in [5, 5.41) is 5.15. The van der Waals surface area contributed by atoms with Crippen molar-refractivity contribution >= 4 is 15.9 Å². The Balaban J connectivity index is 3.11. The molecule has 7 heteroatoms. The number of carbonyl (C=O) groups is 1. The van der Waals surface area contributed by atoms with Crippen LogP contribution in [0.5, 0.6) is 0 Å². The monoisotopic (exact) mass is 314 g/mol. The molecule has 1 rings (SSSR count). The van der Waals surface area contributed by atoms with Crippen LogP contribution in [0.3, 0.4) is 0 Å². The Hall–Kier alpha value is -1.44. The van der Waals surface area contributed by atoms with Gasteiger partial charge in [0, 0.05) is 25.8 Å². The lowest BCUT2D eigenvalue weighted by Crippen LogP contribution is -2.31. The molecule has 0 heterocycles. The molecule has 0 aliphatic heterocycles. The molecule has 0 unspecified atom stereocenters. The molecule has 0 atom stereocenters. The van der Waals surface area contributed by atoms with Crippen LogP contribution < -0.4 is 5.14 Å². The highest BCUT2D eigenvalue weighted by Gasteiger charge is 2.19. The van der Waals surface area contributed by atoms with Gasteiger partial charge >= 0.3 is 0 Å². The Kier molecular flexibility index (Phi) is 5.88. The Morgan fingerprint density at radius 3 is 2.48 bits per heavy atom. The van der Waals surface area contributed by atoms with Gasteiger partial charge in [0.15, 0.2) is 0 Å². The summed E-state index contributed by atoms with van der Waals surface area (Å²) < 4.78 is 28.2. The van der Waals surface area contributed by atoms with Gasteiger partial charge in [0.2, 0.25) is 10.0 Å². The Labute approximate surface area is 125 Å². The highest BCUT2D eigenvalue weighted by molar-refractivity contribution is 7.89. The van der Waals surface area contributed by atoms with Crippen LogP contribution in [0.15, 0.2) is 17.0 Å². The predicted octanol–water partition coefficient (Wildman–Crippen LogP) is 1.06. The maximum Gasteiger partial charge on any atom is 0.253 e. The molecule has 1 aromatic rings. The third kappa shape index (κ3) is 4.52. The second kappa shape index (κ2) is 7.02. The topological polar surface area (TPSA) is 89.7 Å². The van der Waals surface area contributed by atoms with Crippen molar-refractivity contribution in [1.29, 1.82) is 0 Å². The Morgan fingerprint density at radius 1 is 1.33 bits per heavy atom. The SMILES string of the molecule is CCOCCN(C)C(=O)c1cc(S(N)(=O)=O)cc(C)c1C. The minimum absolute atomic E-state index is 0.0489. The molecule has 6 nitrogen and oxygen atoms in total. The summed E-state index contributed by atoms with van der Waals surface area (Å²) in [4.78, 5) is 13.9. The van der Waals surface area contributed by atoms with Crippen LogP contribution in [0.4, 0.5) is 0 Å². The zero-order valence-electron chi connectivity index (χ0n) is 12.8. The van der Waals surface area contributed by atoms with Crippen molar-refractivity contribution in [3.05, 3.63) is 28.8 Å². The highest BCUT2D eigenvalue weighted by atomic mass is 32.2. The normalized spacial score (nSPS) is 11.5. The minimum atomic E-state index is -3.84. The summed E-state index contributed by atoms with van der Waals surface area (Å²) in [5.41, 5.74) is 1.80. The fourth-order valence-electron chi connectivity index (χ4n) is 1.87. The quantitative estimate of drug-likeness (QED) is 0.795. The molecule has 1 aromatic carbocycles. The van der Waals surface area contributed by atoms with Gasteiger partial charge in [0.25, 0.3) is 5.91 Å². The third-order valence-electron chi connectivity index (χ3n) is 3.32. The zero-order chi connectivity index (χ0) is 16.2. The molecule has 0 fully saturated rings. The van der Waals surface area contributed by atoms with E-state index in [1.807, 2.05) is 6.92 Å². The third-order valence-corrected chi connectivity index (χ3v) is 4.21. The van der Waals surface area contributed by atoms with E-state index in [1.165, 1.54) is 17.0 Å². The molecule has 118 valence electrons. The standard InChI is InChI=1S/C14H22N2O4S/c1-5-20-7-6-16(4)14(17)13-9-12(21(15,18)19)8-10(2)11(13)3/h8-9H,5-7H2,1-4H3,(H2,15,18,19). The van der Waals surface area contributed by atoms with Crippen molar-refractivity contribution in [3.63, 3.8) is 0 Å². The molecule has 0 spiro atoms. The molecule has 0 radical (unpaired) electrons. The van der Waals surface area contributed by atoms with Crippen molar-refractivity contribution in [1.82, 2.24) is 4.90 Å². The molecule has 0 saturated heterocycles. The molecule has 0 aliphatic rings. The maximum absolute atomic E-state index is 12.4. The number of ether oxygens (including phenoxy) is 1. The lowest BCUT2D eigenvalue weighted by molar-refractivity contribution is 0.0709. The number of amides is 1. The number of likely N-dealkylation sites (N-methyl/N-ethyl adjacent to an activating group) is 1. The summed E-state index contributed by atoms with van der Waals surface area (Å²) in [5.74, 6) is -0.249. The average Bonchev–Trinajstić information content (AvgIpc) is 2.39. The number of benzene rings is 1. The Bertz CT molecular complexity index is 626. The van der Waals surface area contributed by atoms with E-state index in [2.05, 4.69) is 0 Å². The first-order chi connectivity index (χ1) is 9.68. The number of rotatable bonds is 6. The second-order valence-electron chi connectivity index (χ2n) is 4.88. The lowest BCUT2D eigenvalue weighted by Gasteiger charge is -2.19. The van der Waals surface area contributed by atoms with E-state index in [-0.39, 0.29) is 10.8 Å². The molecule has 0 saturated carbocycles. The largest absolute Gasteiger partial charge is 0.380 e. The van der Waals surface area contributed by atoms with Gasteiger partial charge in [-0.3, -0.25) is 4.79 Å². The number of nitrogens with two attached hydrogens (primary N) is 1. The summed E-state index contributed by atoms with van der Waals surface area (Å²) in [6, 6.07) is 2.80. The first-order valence-electron chi connectivity index (χ1n) is 6.65. The van der Waals surface area contributed by atoms with Gasteiger partial charge in [-0.1, -0.05) is 0 Å². The fraction of sp³-hybridized carbons (Fsp3) is 0.500. The summed E-state index contributed by atoms with van der Waals surface area (Å²) in [7, 11) is -2.19. The number of hydrogen-bond acceptors (Lipinski definition) is 4. The van der Waals surface area contributed by atoms with Gasteiger partial charge in [-0.25, -0.2) is 13.6 Å². The Morgan fingerprint density at radius 2 is 1.95 bits per heavy atom. The molecular formula is C14H22N2O4S. The van der Waals surface area contributed by atoms with Crippen LogP contribution >= 0.6 is 0 Å². The predicted molar refractivity (Wildman–Crippen MR) is 80.7 cm³/mol. The zero-order valence-corrected chi connectivity index (χ0v) is 13.7. The molecule has 1 amide bonds. The fourth-order valence-corrected chi connectivity index (χ4v) is 2.49. The maximum atomic E-state index is 12.4. The van der Waals surface area contributed by atoms with Crippen LogP contribution in [0.2, 0.25) is 0 Å². The molecular weight excluding hydrogens is 292 g/mol. The highest BCUT2D eigenvalue weighted by Crippen LogP contribution is 2.20. The summed E-state index contributed by atoms with van der Waals surface area (Å²) in [6.45, 7) is 6.87. The van der Waals surface area contributed by atoms with E-state index in [0.29, 0.717) is 30.9 Å². The van der Waals surface area contributed by atoms with Crippen LogP contribution in [0.1, 0.15) is 28.4 Å². The molecule has 0 aromatic heterocycles. The van der Waals surface area contributed by atoms with Gasteiger partial charge < -0.3 is 9.64 Å². The van der Waals surface area contributed by atoms with E-state index in [4.69, 9.17) is 9.88 Å². The number of nitrogens with zero attached hydrogens (tertiary/aromatic N) is 1. The summed E-state index contributed by atoms with van der Waals surface area (Å²) >= 11 is 0. The molecule has 0 bridgehead atoms. The second-order valence-corrected chi connectivity index (χ2v) is 6.44. The van der Waals surface area contributed by atoms with Crippen LogP contribution in [-0.4, -0.2) is 46.0 Å². The molecule has 0 aliphatic carbocycles. The van der Waals surface area contributed by atoms with Crippen LogP contribution in [0, 0.1) is 13.8 Å². The van der Waals surface area contributed by atoms with Crippen LogP contribution in [-0.2, 0) is 14.8 Å². The van der Waals surface area contributed by atoms with Gasteiger partial charge in [0.05, 0.1) is 11.5 Å². The van der Waals surface area contributed by atoms with E-state index >= 15 is 0 Å². The van der Waals surface area contributed by atoms with E-state index in [1.54, 1.807) is 20.9 Å². The van der Waals surface area contributed by atoms with Crippen molar-refractivity contribution in [2.45, 2.75) is 25.7 Å². The van der Waals surface area contributed by atoms with E-state index in [9.17, 15) is 13.2 Å². The lowest BCUT2D eigenvalue weighted by atomic mass is 10.0. The smallest absolute Gasteiger partial charge is 0.253 e. The first-order valence-corrected chi connectivity index (χ1v) is 8.20. The van der Waals surface area contributed by atoms with E-state index in [0.717, 1.165) is 5.56 Å². The van der Waals surface area contributed by atoms with Gasteiger partial charge in [-0.2, -0.15) is 0 Å². The van der Waals surface area contributed by atoms with Crippen LogP contribution in [0.25, 0.3) is 0 Å². The van der Waals surface area contributed by atoms with Crippen molar-refractivity contribution in [2.24, 2.45) is 5.14 Å². The average molecular weight is 314 g/mol. The molecule has 21 heavy (non-hydrogen) atoms. The number of primary sulfonamides is 1. The van der Waals surface area contributed by atoms with Gasteiger partial charge in [-0.15, -0.1) is 0 Å². The number of hydrogen-bond donors (Lipinski definition) is 1. The minimum Gasteiger partial charge on any atom is -0.380 e. The number of carbonyl (C=O) groups excluding carboxylic acids is 1. The van der Waals surface area contributed by atoms with Crippen molar-refractivity contribution in [3.8, 4) is 0 Å². The van der Waals surface area contributed by atoms with Crippen molar-refractivity contribution < 1.29 is 17.9 Å². The number of aryl methyl sites for hydroxylation is 1. The first kappa shape index (κ1) is 17.6. The summed E-state index contributed by atoms with van der Waals surface area (Å²) in [6.07, 6.45) is 0. The van der Waals surface area contributed by atoms with Crippen molar-refractivity contribution in [2.75, 3.05) is 26.8 Å². The number of sulfonamides is 1. The van der Waals surface area contributed by atoms with Gasteiger partial charge in [0.1, 0.15) is 0 Å². The van der Waals surface area contributed by atoms with Gasteiger partial charge in [-0.05, 0) is 44.0 Å².